The number of aromatic nitrogens is 2. The molecule has 1 unspecified atom stereocenters. The molecule has 1 fully saturated rings. The van der Waals surface area contributed by atoms with Gasteiger partial charge in [-0.1, -0.05) is 0 Å². The predicted molar refractivity (Wildman–Crippen MR) is 79.8 cm³/mol. The standard InChI is InChI=1S/C13H24N4O3S/c1-10-13(11(2)17(15-10)7-6-14-3)21(18,19)16-12-5-4-8-20-9-12/h12,14,16H,4-9H2,1-3H3. The van der Waals surface area contributed by atoms with Gasteiger partial charge in [0, 0.05) is 19.2 Å². The van der Waals surface area contributed by atoms with Gasteiger partial charge in [-0.15, -0.1) is 0 Å². The van der Waals surface area contributed by atoms with Gasteiger partial charge in [-0.25, -0.2) is 13.1 Å². The lowest BCUT2D eigenvalue weighted by Gasteiger charge is -2.23. The number of rotatable bonds is 6. The molecular formula is C13H24N4O3S. The molecule has 1 aromatic heterocycles. The number of hydrogen-bond donors (Lipinski definition) is 2. The Morgan fingerprint density at radius 2 is 2.19 bits per heavy atom. The SMILES string of the molecule is CNCCn1nc(C)c(S(=O)(=O)NC2CCCOC2)c1C. The summed E-state index contributed by atoms with van der Waals surface area (Å²) in [7, 11) is -1.70. The Labute approximate surface area is 126 Å². The molecule has 1 aromatic rings. The summed E-state index contributed by atoms with van der Waals surface area (Å²) in [6.07, 6.45) is 1.69. The summed E-state index contributed by atoms with van der Waals surface area (Å²) in [5, 5.41) is 7.37. The van der Waals surface area contributed by atoms with Gasteiger partial charge in [0.1, 0.15) is 4.90 Å². The molecule has 2 heterocycles. The molecule has 8 heteroatoms. The van der Waals surface area contributed by atoms with Crippen LogP contribution in [-0.2, 0) is 21.3 Å². The highest BCUT2D eigenvalue weighted by atomic mass is 32.2. The Hall–Kier alpha value is -0.960. The van der Waals surface area contributed by atoms with E-state index in [0.29, 0.717) is 36.0 Å². The van der Waals surface area contributed by atoms with Gasteiger partial charge in [-0.05, 0) is 33.7 Å². The van der Waals surface area contributed by atoms with Crippen molar-refractivity contribution in [1.82, 2.24) is 19.8 Å². The van der Waals surface area contributed by atoms with Gasteiger partial charge in [0.2, 0.25) is 10.0 Å². The number of nitrogens with zero attached hydrogens (tertiary/aromatic N) is 2. The minimum Gasteiger partial charge on any atom is -0.380 e. The van der Waals surface area contributed by atoms with Crippen molar-refractivity contribution in [2.45, 2.75) is 44.2 Å². The summed E-state index contributed by atoms with van der Waals surface area (Å²) in [4.78, 5) is 0.296. The van der Waals surface area contributed by atoms with Crippen LogP contribution in [0.1, 0.15) is 24.2 Å². The van der Waals surface area contributed by atoms with E-state index < -0.39 is 10.0 Å². The summed E-state index contributed by atoms with van der Waals surface area (Å²) in [5.41, 5.74) is 1.21. The van der Waals surface area contributed by atoms with Crippen LogP contribution in [0, 0.1) is 13.8 Å². The van der Waals surface area contributed by atoms with Crippen molar-refractivity contribution in [2.24, 2.45) is 0 Å². The zero-order valence-electron chi connectivity index (χ0n) is 12.8. The number of ether oxygens (including phenoxy) is 1. The van der Waals surface area contributed by atoms with Gasteiger partial charge in [0.05, 0.1) is 24.5 Å². The van der Waals surface area contributed by atoms with Gasteiger partial charge in [-0.3, -0.25) is 4.68 Å². The van der Waals surface area contributed by atoms with Crippen LogP contribution in [0.15, 0.2) is 4.90 Å². The summed E-state index contributed by atoms with van der Waals surface area (Å²) in [6.45, 7) is 6.05. The van der Waals surface area contributed by atoms with Crippen LogP contribution >= 0.6 is 0 Å². The van der Waals surface area contributed by atoms with Crippen LogP contribution in [0.4, 0.5) is 0 Å². The van der Waals surface area contributed by atoms with Gasteiger partial charge in [-0.2, -0.15) is 5.10 Å². The fraction of sp³-hybridized carbons (Fsp3) is 0.769. The largest absolute Gasteiger partial charge is 0.380 e. The number of nitrogens with one attached hydrogen (secondary N) is 2. The fourth-order valence-corrected chi connectivity index (χ4v) is 4.28. The van der Waals surface area contributed by atoms with E-state index in [-0.39, 0.29) is 6.04 Å². The van der Waals surface area contributed by atoms with E-state index in [1.54, 1.807) is 18.5 Å². The molecule has 1 saturated heterocycles. The molecule has 1 atom stereocenters. The minimum absolute atomic E-state index is 0.150. The van der Waals surface area contributed by atoms with Crippen molar-refractivity contribution < 1.29 is 13.2 Å². The molecule has 0 aromatic carbocycles. The molecule has 0 radical (unpaired) electrons. The van der Waals surface area contributed by atoms with Crippen molar-refractivity contribution in [3.63, 3.8) is 0 Å². The third-order valence-electron chi connectivity index (χ3n) is 3.64. The molecule has 0 saturated carbocycles. The van der Waals surface area contributed by atoms with Gasteiger partial charge in [0.15, 0.2) is 0 Å². The normalized spacial score (nSPS) is 19.9. The maximum atomic E-state index is 12.6. The third-order valence-corrected chi connectivity index (χ3v) is 5.41. The molecule has 0 amide bonds. The monoisotopic (exact) mass is 316 g/mol. The maximum Gasteiger partial charge on any atom is 0.244 e. The minimum atomic E-state index is -3.56. The van der Waals surface area contributed by atoms with E-state index in [1.165, 1.54) is 0 Å². The predicted octanol–water partition coefficient (Wildman–Crippen LogP) is 0.177. The van der Waals surface area contributed by atoms with Crippen LogP contribution < -0.4 is 10.0 Å². The molecule has 0 aliphatic carbocycles. The zero-order chi connectivity index (χ0) is 15.5. The van der Waals surface area contributed by atoms with Gasteiger partial charge in [0.25, 0.3) is 0 Å². The van der Waals surface area contributed by atoms with Gasteiger partial charge < -0.3 is 10.1 Å². The van der Waals surface area contributed by atoms with Crippen molar-refractivity contribution in [2.75, 3.05) is 26.8 Å². The summed E-state index contributed by atoms with van der Waals surface area (Å²) < 4.78 is 35.0. The van der Waals surface area contributed by atoms with E-state index in [0.717, 1.165) is 19.4 Å². The summed E-state index contributed by atoms with van der Waals surface area (Å²) in [5.74, 6) is 0. The Morgan fingerprint density at radius 3 is 2.81 bits per heavy atom. The Bertz CT molecular complexity index is 576. The second-order valence-electron chi connectivity index (χ2n) is 5.36. The van der Waals surface area contributed by atoms with Crippen molar-refractivity contribution >= 4 is 10.0 Å². The number of aryl methyl sites for hydroxylation is 1. The topological polar surface area (TPSA) is 85.2 Å². The first-order chi connectivity index (χ1) is 9.95. The molecule has 2 N–H and O–H groups in total. The van der Waals surface area contributed by atoms with Crippen LogP contribution in [0.3, 0.4) is 0 Å². The summed E-state index contributed by atoms with van der Waals surface area (Å²) in [6, 6.07) is -0.150. The molecular weight excluding hydrogens is 292 g/mol. The van der Waals surface area contributed by atoms with Crippen LogP contribution in [0.5, 0.6) is 0 Å². The third kappa shape index (κ3) is 3.82. The quantitative estimate of drug-likeness (QED) is 0.782. The second-order valence-corrected chi connectivity index (χ2v) is 7.01. The highest BCUT2D eigenvalue weighted by Gasteiger charge is 2.28. The van der Waals surface area contributed by atoms with Crippen molar-refractivity contribution in [3.05, 3.63) is 11.4 Å². The Morgan fingerprint density at radius 1 is 1.43 bits per heavy atom. The van der Waals surface area contributed by atoms with Gasteiger partial charge >= 0.3 is 0 Å². The average Bonchev–Trinajstić information content (AvgIpc) is 2.72. The molecule has 1 aliphatic rings. The first-order valence-electron chi connectivity index (χ1n) is 7.24. The van der Waals surface area contributed by atoms with E-state index in [9.17, 15) is 8.42 Å². The highest BCUT2D eigenvalue weighted by Crippen LogP contribution is 2.20. The Balaban J connectivity index is 2.20. The highest BCUT2D eigenvalue weighted by molar-refractivity contribution is 7.89. The molecule has 21 heavy (non-hydrogen) atoms. The first kappa shape index (κ1) is 16.4. The molecule has 0 bridgehead atoms. The van der Waals surface area contributed by atoms with E-state index in [4.69, 9.17) is 4.74 Å². The molecule has 7 nitrogen and oxygen atoms in total. The first-order valence-corrected chi connectivity index (χ1v) is 8.72. The lowest BCUT2D eigenvalue weighted by molar-refractivity contribution is 0.0774. The van der Waals surface area contributed by atoms with E-state index >= 15 is 0 Å². The van der Waals surface area contributed by atoms with Crippen molar-refractivity contribution in [1.29, 1.82) is 0 Å². The lowest BCUT2D eigenvalue weighted by Crippen LogP contribution is -2.40. The molecule has 120 valence electrons. The Kier molecular flexibility index (Phi) is 5.37. The number of hydrogen-bond acceptors (Lipinski definition) is 5. The summed E-state index contributed by atoms with van der Waals surface area (Å²) >= 11 is 0. The van der Waals surface area contributed by atoms with Crippen molar-refractivity contribution in [3.8, 4) is 0 Å². The average molecular weight is 316 g/mol. The number of sulfonamides is 1. The lowest BCUT2D eigenvalue weighted by atomic mass is 10.1. The van der Waals surface area contributed by atoms with E-state index in [1.807, 2.05) is 7.05 Å². The molecule has 0 spiro atoms. The van der Waals surface area contributed by atoms with Crippen LogP contribution in [-0.4, -0.2) is 51.0 Å². The number of likely N-dealkylation sites (N-methyl/N-ethyl adjacent to an activating group) is 1. The fourth-order valence-electron chi connectivity index (χ4n) is 2.62. The van der Waals surface area contributed by atoms with E-state index in [2.05, 4.69) is 15.1 Å². The zero-order valence-corrected chi connectivity index (χ0v) is 13.7. The second kappa shape index (κ2) is 6.87. The smallest absolute Gasteiger partial charge is 0.244 e. The molecule has 2 rings (SSSR count). The molecule has 1 aliphatic heterocycles. The van der Waals surface area contributed by atoms with Crippen LogP contribution in [0.2, 0.25) is 0 Å². The maximum absolute atomic E-state index is 12.6. The van der Waals surface area contributed by atoms with Crippen LogP contribution in [0.25, 0.3) is 0 Å².